The van der Waals surface area contributed by atoms with Gasteiger partial charge in [-0.1, -0.05) is 13.3 Å². The molecule has 0 bridgehead atoms. The molecule has 0 radical (unpaired) electrons. The zero-order valence-electron chi connectivity index (χ0n) is 16.1. The number of Topliss-reactive ketones (excluding diaryl/α,β-unsaturated/α-hetero) is 1. The molecule has 1 aromatic heterocycles. The third kappa shape index (κ3) is 3.35. The molecule has 1 N–H and O–H groups in total. The van der Waals surface area contributed by atoms with Crippen LogP contribution >= 0.6 is 0 Å². The van der Waals surface area contributed by atoms with Crippen LogP contribution in [0.15, 0.2) is 46.6 Å². The van der Waals surface area contributed by atoms with Crippen LogP contribution in [0.25, 0.3) is 5.76 Å². The smallest absolute Gasteiger partial charge is 0.295 e. The third-order valence-electron chi connectivity index (χ3n) is 4.76. The molecule has 28 heavy (non-hydrogen) atoms. The predicted octanol–water partition coefficient (Wildman–Crippen LogP) is 3.52. The van der Waals surface area contributed by atoms with E-state index in [2.05, 4.69) is 0 Å². The van der Waals surface area contributed by atoms with Crippen LogP contribution < -0.4 is 9.47 Å². The molecule has 1 fully saturated rings. The summed E-state index contributed by atoms with van der Waals surface area (Å²) in [6, 6.07) is 7.41. The van der Waals surface area contributed by atoms with Gasteiger partial charge in [0.1, 0.15) is 17.6 Å². The monoisotopic (exact) mass is 385 g/mol. The standard InChI is InChI=1S/C21H23NO6/c1-4-5-10-22-18(15-7-6-11-28-15)17(20(24)21(22)25)19(23)13-8-9-14(26-2)16(12-13)27-3/h6-9,11-12,18,23H,4-5,10H2,1-3H3/b19-17-. The van der Waals surface area contributed by atoms with Gasteiger partial charge in [-0.05, 0) is 36.8 Å². The molecule has 1 aliphatic heterocycles. The SMILES string of the molecule is CCCCN1C(=O)C(=O)/C(=C(\O)c2ccc(OC)c(OC)c2)C1c1ccco1. The lowest BCUT2D eigenvalue weighted by Crippen LogP contribution is -2.30. The second-order valence-corrected chi connectivity index (χ2v) is 6.43. The topological polar surface area (TPSA) is 89.2 Å². The maximum atomic E-state index is 12.8. The Morgan fingerprint density at radius 1 is 1.18 bits per heavy atom. The van der Waals surface area contributed by atoms with Crippen molar-refractivity contribution in [3.8, 4) is 11.5 Å². The van der Waals surface area contributed by atoms with Crippen molar-refractivity contribution in [1.29, 1.82) is 0 Å². The molecule has 1 saturated heterocycles. The van der Waals surface area contributed by atoms with E-state index in [9.17, 15) is 14.7 Å². The van der Waals surface area contributed by atoms with Gasteiger partial charge in [0.05, 0.1) is 26.1 Å². The van der Waals surface area contributed by atoms with E-state index >= 15 is 0 Å². The summed E-state index contributed by atoms with van der Waals surface area (Å²) in [6.45, 7) is 2.40. The van der Waals surface area contributed by atoms with E-state index < -0.39 is 17.7 Å². The Labute approximate surface area is 163 Å². The number of likely N-dealkylation sites (tertiary alicyclic amines) is 1. The fraction of sp³-hybridized carbons (Fsp3) is 0.333. The predicted molar refractivity (Wildman–Crippen MR) is 102 cm³/mol. The number of amides is 1. The van der Waals surface area contributed by atoms with Crippen molar-refractivity contribution in [2.45, 2.75) is 25.8 Å². The summed E-state index contributed by atoms with van der Waals surface area (Å²) in [7, 11) is 2.99. The Morgan fingerprint density at radius 3 is 2.54 bits per heavy atom. The summed E-state index contributed by atoms with van der Waals surface area (Å²) in [4.78, 5) is 26.9. The number of nitrogens with zero attached hydrogens (tertiary/aromatic N) is 1. The number of carbonyl (C=O) groups is 2. The average Bonchev–Trinajstić information content (AvgIpc) is 3.33. The third-order valence-corrected chi connectivity index (χ3v) is 4.76. The van der Waals surface area contributed by atoms with Gasteiger partial charge in [-0.3, -0.25) is 9.59 Å². The molecule has 1 amide bonds. The van der Waals surface area contributed by atoms with E-state index in [1.165, 1.54) is 25.4 Å². The van der Waals surface area contributed by atoms with Crippen LogP contribution in [0.5, 0.6) is 11.5 Å². The van der Waals surface area contributed by atoms with Crippen molar-refractivity contribution in [3.05, 3.63) is 53.5 Å². The Hall–Kier alpha value is -3.22. The van der Waals surface area contributed by atoms with Gasteiger partial charge in [-0.15, -0.1) is 0 Å². The van der Waals surface area contributed by atoms with Crippen LogP contribution in [0, 0.1) is 0 Å². The second kappa shape index (κ2) is 8.21. The average molecular weight is 385 g/mol. The molecule has 0 saturated carbocycles. The highest BCUT2D eigenvalue weighted by Crippen LogP contribution is 2.40. The first-order valence-electron chi connectivity index (χ1n) is 9.07. The highest BCUT2D eigenvalue weighted by molar-refractivity contribution is 6.46. The van der Waals surface area contributed by atoms with Gasteiger partial charge in [-0.25, -0.2) is 0 Å². The number of aliphatic hydroxyl groups excluding tert-OH is 1. The molecule has 1 aromatic carbocycles. The summed E-state index contributed by atoms with van der Waals surface area (Å²) in [6.07, 6.45) is 3.08. The van der Waals surface area contributed by atoms with Crippen LogP contribution in [0.3, 0.4) is 0 Å². The Kier molecular flexibility index (Phi) is 5.73. The molecule has 148 valence electrons. The molecule has 3 rings (SSSR count). The number of rotatable bonds is 7. The maximum Gasteiger partial charge on any atom is 0.295 e. The fourth-order valence-corrected chi connectivity index (χ4v) is 3.32. The number of hydrogen-bond acceptors (Lipinski definition) is 6. The van der Waals surface area contributed by atoms with Crippen LogP contribution in [0.2, 0.25) is 0 Å². The van der Waals surface area contributed by atoms with E-state index in [4.69, 9.17) is 13.9 Å². The number of methoxy groups -OCH3 is 2. The van der Waals surface area contributed by atoms with Crippen LogP contribution in [0.4, 0.5) is 0 Å². The van der Waals surface area contributed by atoms with Gasteiger partial charge < -0.3 is 23.9 Å². The molecule has 7 heteroatoms. The van der Waals surface area contributed by atoms with Crippen molar-refractivity contribution in [2.24, 2.45) is 0 Å². The first-order chi connectivity index (χ1) is 13.5. The molecule has 0 spiro atoms. The Morgan fingerprint density at radius 2 is 1.93 bits per heavy atom. The molecule has 1 aliphatic rings. The van der Waals surface area contributed by atoms with Crippen molar-refractivity contribution in [3.63, 3.8) is 0 Å². The number of ether oxygens (including phenoxy) is 2. The van der Waals surface area contributed by atoms with E-state index in [1.807, 2.05) is 6.92 Å². The van der Waals surface area contributed by atoms with E-state index in [0.29, 0.717) is 29.4 Å². The van der Waals surface area contributed by atoms with Gasteiger partial charge in [0.25, 0.3) is 11.7 Å². The molecule has 0 aliphatic carbocycles. The first kappa shape index (κ1) is 19.5. The normalized spacial score (nSPS) is 18.5. The lowest BCUT2D eigenvalue weighted by Gasteiger charge is -2.23. The van der Waals surface area contributed by atoms with Gasteiger partial charge in [0.15, 0.2) is 11.5 Å². The number of carbonyl (C=O) groups excluding carboxylic acids is 2. The van der Waals surface area contributed by atoms with Crippen molar-refractivity contribution >= 4 is 17.4 Å². The Balaban J connectivity index is 2.13. The highest BCUT2D eigenvalue weighted by Gasteiger charge is 2.47. The van der Waals surface area contributed by atoms with Gasteiger partial charge in [0, 0.05) is 12.1 Å². The lowest BCUT2D eigenvalue weighted by molar-refractivity contribution is -0.140. The van der Waals surface area contributed by atoms with Crippen LogP contribution in [0.1, 0.15) is 37.1 Å². The minimum atomic E-state index is -0.769. The molecule has 7 nitrogen and oxygen atoms in total. The number of unbranched alkanes of at least 4 members (excludes halogenated alkanes) is 1. The van der Waals surface area contributed by atoms with Crippen molar-refractivity contribution < 1.29 is 28.6 Å². The quantitative estimate of drug-likeness (QED) is 0.446. The molecular weight excluding hydrogens is 362 g/mol. The lowest BCUT2D eigenvalue weighted by atomic mass is 9.99. The number of ketones is 1. The highest BCUT2D eigenvalue weighted by atomic mass is 16.5. The molecule has 2 aromatic rings. The molecule has 1 atom stereocenters. The number of hydrogen-bond donors (Lipinski definition) is 1. The molecule has 1 unspecified atom stereocenters. The number of furan rings is 1. The number of aliphatic hydroxyl groups is 1. The summed E-state index contributed by atoms with van der Waals surface area (Å²) in [5, 5.41) is 10.9. The summed E-state index contributed by atoms with van der Waals surface area (Å²) >= 11 is 0. The minimum Gasteiger partial charge on any atom is -0.507 e. The first-order valence-corrected chi connectivity index (χ1v) is 9.07. The largest absolute Gasteiger partial charge is 0.507 e. The molecule has 2 heterocycles. The fourth-order valence-electron chi connectivity index (χ4n) is 3.32. The summed E-state index contributed by atoms with van der Waals surface area (Å²) in [5.74, 6) is -0.329. The van der Waals surface area contributed by atoms with Gasteiger partial charge in [-0.2, -0.15) is 0 Å². The molecular formula is C21H23NO6. The van der Waals surface area contributed by atoms with E-state index in [1.54, 1.807) is 30.3 Å². The zero-order valence-corrected chi connectivity index (χ0v) is 16.1. The van der Waals surface area contributed by atoms with E-state index in [-0.39, 0.29) is 11.3 Å². The van der Waals surface area contributed by atoms with Gasteiger partial charge in [0.2, 0.25) is 0 Å². The van der Waals surface area contributed by atoms with Gasteiger partial charge >= 0.3 is 0 Å². The van der Waals surface area contributed by atoms with Crippen molar-refractivity contribution in [2.75, 3.05) is 20.8 Å². The van der Waals surface area contributed by atoms with Crippen LogP contribution in [-0.2, 0) is 9.59 Å². The van der Waals surface area contributed by atoms with Crippen molar-refractivity contribution in [1.82, 2.24) is 4.90 Å². The van der Waals surface area contributed by atoms with Crippen LogP contribution in [-0.4, -0.2) is 42.5 Å². The number of benzene rings is 1. The minimum absolute atomic E-state index is 0.00303. The summed E-state index contributed by atoms with van der Waals surface area (Å²) < 4.78 is 16.0. The van der Waals surface area contributed by atoms with E-state index in [0.717, 1.165) is 12.8 Å². The second-order valence-electron chi connectivity index (χ2n) is 6.43. The summed E-state index contributed by atoms with van der Waals surface area (Å²) in [5.41, 5.74) is 0.353. The maximum absolute atomic E-state index is 12.8. The zero-order chi connectivity index (χ0) is 20.3. The Bertz CT molecular complexity index is 900.